The number of hydrogen-bond acceptors (Lipinski definition) is 6. The number of aromatic nitrogens is 1. The smallest absolute Gasteiger partial charge is 0.310 e. The Balaban J connectivity index is 1.28. The number of nitrogens with zero attached hydrogens (tertiary/aromatic N) is 1. The molecule has 0 aliphatic carbocycles. The monoisotopic (exact) mass is 639 g/mol. The lowest BCUT2D eigenvalue weighted by Gasteiger charge is -2.33. The van der Waals surface area contributed by atoms with Gasteiger partial charge in [-0.3, -0.25) is 19.2 Å². The maximum Gasteiger partial charge on any atom is 0.310 e. The van der Waals surface area contributed by atoms with Crippen LogP contribution < -0.4 is 21.3 Å². The van der Waals surface area contributed by atoms with Gasteiger partial charge in [0.2, 0.25) is 11.8 Å². The molecule has 0 radical (unpaired) electrons. The molecule has 3 amide bonds. The molecule has 0 spiro atoms. The molecule has 0 bridgehead atoms. The van der Waals surface area contributed by atoms with Crippen LogP contribution in [0, 0.1) is 5.92 Å². The molecule has 1 aliphatic heterocycles. The number of aryl methyl sites for hydroxylation is 2. The highest BCUT2D eigenvalue weighted by atomic mass is 35.5. The van der Waals surface area contributed by atoms with Crippen LogP contribution in [-0.2, 0) is 27.2 Å². The van der Waals surface area contributed by atoms with Gasteiger partial charge in [-0.15, -0.1) is 0 Å². The molecule has 4 rings (SSSR count). The highest BCUT2D eigenvalue weighted by Gasteiger charge is 2.37. The first kappa shape index (κ1) is 32.8. The number of nitrogens with one attached hydrogen (secondary N) is 4. The first-order valence-electron chi connectivity index (χ1n) is 14.3. The summed E-state index contributed by atoms with van der Waals surface area (Å²) in [7, 11) is 0. The number of hydrogen-bond donors (Lipinski definition) is 5. The Hall–Kier alpha value is -4.15. The van der Waals surface area contributed by atoms with E-state index in [1.807, 2.05) is 42.5 Å². The summed E-state index contributed by atoms with van der Waals surface area (Å²) in [5, 5.41) is 21.2. The summed E-state index contributed by atoms with van der Waals surface area (Å²) in [4.78, 5) is 54.7. The molecule has 1 aromatic heterocycles. The van der Waals surface area contributed by atoms with Crippen molar-refractivity contribution in [2.45, 2.75) is 45.1 Å². The predicted octanol–water partition coefficient (Wildman–Crippen LogP) is 4.49. The quantitative estimate of drug-likeness (QED) is 0.196. The zero-order valence-corrected chi connectivity index (χ0v) is 26.0. The lowest BCUT2D eigenvalue weighted by molar-refractivity contribution is -0.144. The van der Waals surface area contributed by atoms with Crippen LogP contribution in [0.25, 0.3) is 11.1 Å². The van der Waals surface area contributed by atoms with Gasteiger partial charge < -0.3 is 26.4 Å². The third kappa shape index (κ3) is 8.48. The largest absolute Gasteiger partial charge is 0.481 e. The second-order valence-electron chi connectivity index (χ2n) is 11.2. The Morgan fingerprint density at radius 2 is 1.68 bits per heavy atom. The lowest BCUT2D eigenvalue weighted by Crippen LogP contribution is -2.55. The summed E-state index contributed by atoms with van der Waals surface area (Å²) in [5.74, 6) is -3.14. The number of fused-ring (bicyclic) bond motifs is 1. The van der Waals surface area contributed by atoms with E-state index < -0.39 is 29.2 Å². The molecule has 10 nitrogen and oxygen atoms in total. The van der Waals surface area contributed by atoms with Gasteiger partial charge in [-0.1, -0.05) is 59.6 Å². The summed E-state index contributed by atoms with van der Waals surface area (Å²) in [6, 6.07) is 16.5. The fraction of sp³-hybridized carbons (Fsp3) is 0.344. The van der Waals surface area contributed by atoms with Crippen molar-refractivity contribution in [3.8, 4) is 11.1 Å². The molecule has 0 unspecified atom stereocenters. The van der Waals surface area contributed by atoms with Crippen molar-refractivity contribution in [2.75, 3.05) is 25.0 Å². The summed E-state index contributed by atoms with van der Waals surface area (Å²) < 4.78 is 0. The molecule has 12 heteroatoms. The van der Waals surface area contributed by atoms with Gasteiger partial charge in [-0.25, -0.2) is 4.98 Å². The Morgan fingerprint density at radius 3 is 2.36 bits per heavy atom. The molecule has 0 saturated heterocycles. The average molecular weight is 641 g/mol. The van der Waals surface area contributed by atoms with E-state index in [1.54, 1.807) is 12.1 Å². The van der Waals surface area contributed by atoms with Crippen LogP contribution in [0.4, 0.5) is 5.82 Å². The normalized spacial score (nSPS) is 13.2. The van der Waals surface area contributed by atoms with Crippen molar-refractivity contribution in [3.05, 3.63) is 81.5 Å². The van der Waals surface area contributed by atoms with Gasteiger partial charge in [-0.2, -0.15) is 0 Å². The van der Waals surface area contributed by atoms with E-state index in [1.165, 1.54) is 13.8 Å². The van der Waals surface area contributed by atoms with Crippen molar-refractivity contribution >= 4 is 52.7 Å². The number of carboxylic acids is 1. The fourth-order valence-corrected chi connectivity index (χ4v) is 5.63. The third-order valence-electron chi connectivity index (χ3n) is 7.49. The number of carbonyl (C=O) groups excluding carboxylic acids is 3. The van der Waals surface area contributed by atoms with Crippen molar-refractivity contribution < 1.29 is 24.3 Å². The first-order chi connectivity index (χ1) is 20.9. The topological polar surface area (TPSA) is 150 Å². The van der Waals surface area contributed by atoms with Crippen molar-refractivity contribution in [1.82, 2.24) is 20.9 Å². The number of carboxylic acid groups (broad SMARTS) is 1. The first-order valence-corrected chi connectivity index (χ1v) is 15.1. The zero-order valence-electron chi connectivity index (χ0n) is 24.5. The van der Waals surface area contributed by atoms with Gasteiger partial charge >= 0.3 is 5.97 Å². The number of aliphatic carboxylic acids is 1. The molecule has 3 aromatic rings. The Morgan fingerprint density at radius 1 is 0.977 bits per heavy atom. The van der Waals surface area contributed by atoms with Crippen molar-refractivity contribution in [1.29, 1.82) is 0 Å². The van der Waals surface area contributed by atoms with Crippen LogP contribution in [-0.4, -0.2) is 59.0 Å². The fourth-order valence-electron chi connectivity index (χ4n) is 4.98. The summed E-state index contributed by atoms with van der Waals surface area (Å²) >= 11 is 12.9. The van der Waals surface area contributed by atoms with Crippen LogP contribution in [0.3, 0.4) is 0 Å². The van der Waals surface area contributed by atoms with E-state index in [-0.39, 0.29) is 41.0 Å². The van der Waals surface area contributed by atoms with Crippen molar-refractivity contribution in [2.24, 2.45) is 5.92 Å². The van der Waals surface area contributed by atoms with E-state index in [0.29, 0.717) is 6.42 Å². The number of pyridine rings is 1. The van der Waals surface area contributed by atoms with Crippen molar-refractivity contribution in [3.63, 3.8) is 0 Å². The van der Waals surface area contributed by atoms with Gasteiger partial charge in [0.05, 0.1) is 28.1 Å². The van der Waals surface area contributed by atoms with Crippen LogP contribution in [0.2, 0.25) is 10.0 Å². The van der Waals surface area contributed by atoms with Crippen LogP contribution in [0.1, 0.15) is 48.3 Å². The standard InChI is InChI=1S/C32H35Cl2N5O5/c1-32(2,39-30(42)28-24(33)15-21(16-25(28)34)19-7-4-3-5-8-19)23(31(43)44)17-36-27(41)18-37-26(40)13-12-22-11-10-20-9-6-14-35-29(20)38-22/h3-5,7-8,10-11,15-16,23H,6,9,12-14,17-18H2,1-2H3,(H,35,38)(H,36,41)(H,37,40)(H,39,42)(H,43,44)/t23-/m1/s1. The second-order valence-corrected chi connectivity index (χ2v) is 12.0. The van der Waals surface area contributed by atoms with E-state index in [9.17, 15) is 24.3 Å². The molecule has 0 saturated carbocycles. The minimum atomic E-state index is -1.32. The van der Waals surface area contributed by atoms with Crippen LogP contribution >= 0.6 is 23.2 Å². The number of benzene rings is 2. The molecule has 1 aliphatic rings. The molecule has 44 heavy (non-hydrogen) atoms. The van der Waals surface area contributed by atoms with E-state index in [0.717, 1.165) is 47.6 Å². The molecule has 1 atom stereocenters. The van der Waals surface area contributed by atoms with E-state index >= 15 is 0 Å². The number of amides is 3. The summed E-state index contributed by atoms with van der Waals surface area (Å²) in [6.07, 6.45) is 2.60. The maximum atomic E-state index is 13.2. The predicted molar refractivity (Wildman–Crippen MR) is 170 cm³/mol. The van der Waals surface area contributed by atoms with E-state index in [4.69, 9.17) is 23.2 Å². The third-order valence-corrected chi connectivity index (χ3v) is 8.09. The molecular formula is C32H35Cl2N5O5. The highest BCUT2D eigenvalue weighted by molar-refractivity contribution is 6.40. The highest BCUT2D eigenvalue weighted by Crippen LogP contribution is 2.32. The van der Waals surface area contributed by atoms with E-state index in [2.05, 4.69) is 26.3 Å². The summed E-state index contributed by atoms with van der Waals surface area (Å²) in [6.45, 7) is 3.31. The Kier molecular flexibility index (Phi) is 10.8. The van der Waals surface area contributed by atoms with Gasteiger partial charge in [0, 0.05) is 30.7 Å². The van der Waals surface area contributed by atoms with Gasteiger partial charge in [0.15, 0.2) is 0 Å². The van der Waals surface area contributed by atoms with Crippen LogP contribution in [0.15, 0.2) is 54.6 Å². The number of halogens is 2. The molecular weight excluding hydrogens is 605 g/mol. The minimum absolute atomic E-state index is 0.0128. The zero-order chi connectivity index (χ0) is 31.9. The van der Waals surface area contributed by atoms with Gasteiger partial charge in [0.25, 0.3) is 5.91 Å². The maximum absolute atomic E-state index is 13.2. The molecule has 0 fully saturated rings. The molecule has 2 heterocycles. The second kappa shape index (κ2) is 14.5. The lowest BCUT2D eigenvalue weighted by atomic mass is 9.86. The number of rotatable bonds is 12. The average Bonchev–Trinajstić information content (AvgIpc) is 2.98. The number of carbonyl (C=O) groups is 4. The Labute approximate surface area is 265 Å². The number of anilines is 1. The van der Waals surface area contributed by atoms with Gasteiger partial charge in [0.1, 0.15) is 5.82 Å². The minimum Gasteiger partial charge on any atom is -0.481 e. The molecule has 232 valence electrons. The summed E-state index contributed by atoms with van der Waals surface area (Å²) in [5.41, 5.74) is 2.22. The SMILES string of the molecule is CC(C)(NC(=O)c1c(Cl)cc(-c2ccccc2)cc1Cl)[C@H](CNC(=O)CNC(=O)CCc1ccc2c(n1)NCCC2)C(=O)O. The Bertz CT molecular complexity index is 1520. The molecule has 5 N–H and O–H groups in total. The molecule has 2 aromatic carbocycles. The van der Waals surface area contributed by atoms with Crippen LogP contribution in [0.5, 0.6) is 0 Å². The van der Waals surface area contributed by atoms with Gasteiger partial charge in [-0.05, 0) is 68.0 Å².